The largest absolute Gasteiger partial charge is 0.381 e. The number of hydrogen-bond donors (Lipinski definition) is 1. The van der Waals surface area contributed by atoms with Gasteiger partial charge in [0.1, 0.15) is 0 Å². The standard InChI is InChI=1S/C15H25N3O2/c1-2-6-12(5-1)11-19-10-8-14-17-15(20-18-14)13-7-3-4-9-16-13/h12-13,16H,1-11H2. The fourth-order valence-corrected chi connectivity index (χ4v) is 3.16. The van der Waals surface area contributed by atoms with Crippen LogP contribution in [0.4, 0.5) is 0 Å². The molecule has 3 rings (SSSR count). The molecule has 0 aromatic carbocycles. The molecule has 1 aliphatic heterocycles. The van der Waals surface area contributed by atoms with Crippen molar-refractivity contribution in [2.24, 2.45) is 5.92 Å². The van der Waals surface area contributed by atoms with E-state index in [-0.39, 0.29) is 6.04 Å². The van der Waals surface area contributed by atoms with Crippen LogP contribution in [-0.4, -0.2) is 29.9 Å². The molecular weight excluding hydrogens is 254 g/mol. The van der Waals surface area contributed by atoms with Crippen LogP contribution in [-0.2, 0) is 11.2 Å². The van der Waals surface area contributed by atoms with Crippen molar-refractivity contribution >= 4 is 0 Å². The van der Waals surface area contributed by atoms with Crippen molar-refractivity contribution in [2.75, 3.05) is 19.8 Å². The van der Waals surface area contributed by atoms with Crippen LogP contribution in [0.1, 0.15) is 62.7 Å². The van der Waals surface area contributed by atoms with Crippen molar-refractivity contribution in [3.05, 3.63) is 11.7 Å². The molecule has 2 heterocycles. The van der Waals surface area contributed by atoms with Gasteiger partial charge in [-0.25, -0.2) is 0 Å². The highest BCUT2D eigenvalue weighted by molar-refractivity contribution is 4.94. The predicted octanol–water partition coefficient (Wildman–Crippen LogP) is 2.63. The summed E-state index contributed by atoms with van der Waals surface area (Å²) < 4.78 is 11.1. The van der Waals surface area contributed by atoms with E-state index in [1.165, 1.54) is 38.5 Å². The first kappa shape index (κ1) is 14.0. The maximum absolute atomic E-state index is 5.74. The van der Waals surface area contributed by atoms with Crippen LogP contribution in [0.3, 0.4) is 0 Å². The lowest BCUT2D eigenvalue weighted by Crippen LogP contribution is -2.27. The number of rotatable bonds is 6. The van der Waals surface area contributed by atoms with Crippen LogP contribution < -0.4 is 5.32 Å². The van der Waals surface area contributed by atoms with Crippen LogP contribution in [0.5, 0.6) is 0 Å². The molecule has 0 bridgehead atoms. The third-order valence-electron chi connectivity index (χ3n) is 4.39. The van der Waals surface area contributed by atoms with Gasteiger partial charge in [-0.3, -0.25) is 0 Å². The zero-order chi connectivity index (χ0) is 13.6. The quantitative estimate of drug-likeness (QED) is 0.811. The maximum atomic E-state index is 5.74. The molecule has 20 heavy (non-hydrogen) atoms. The molecule has 1 aromatic heterocycles. The Morgan fingerprint density at radius 2 is 2.00 bits per heavy atom. The van der Waals surface area contributed by atoms with Crippen molar-refractivity contribution in [1.82, 2.24) is 15.5 Å². The SMILES string of the molecule is C1CCC(c2nc(CCOCC3CCCC3)no2)NC1. The van der Waals surface area contributed by atoms with E-state index >= 15 is 0 Å². The Hall–Kier alpha value is -0.940. The molecule has 2 fully saturated rings. The summed E-state index contributed by atoms with van der Waals surface area (Å²) in [5.74, 6) is 2.30. The lowest BCUT2D eigenvalue weighted by atomic mass is 10.1. The molecule has 0 amide bonds. The van der Waals surface area contributed by atoms with Crippen molar-refractivity contribution in [1.29, 1.82) is 0 Å². The zero-order valence-electron chi connectivity index (χ0n) is 12.1. The van der Waals surface area contributed by atoms with Gasteiger partial charge in [0.05, 0.1) is 12.6 Å². The third-order valence-corrected chi connectivity index (χ3v) is 4.39. The number of ether oxygens (including phenoxy) is 1. The van der Waals surface area contributed by atoms with E-state index in [1.807, 2.05) is 0 Å². The Labute approximate surface area is 120 Å². The molecule has 1 atom stereocenters. The Balaban J connectivity index is 1.38. The Morgan fingerprint density at radius 3 is 2.80 bits per heavy atom. The van der Waals surface area contributed by atoms with E-state index in [0.29, 0.717) is 6.61 Å². The van der Waals surface area contributed by atoms with Gasteiger partial charge < -0.3 is 14.6 Å². The number of nitrogens with one attached hydrogen (secondary N) is 1. The molecular formula is C15H25N3O2. The van der Waals surface area contributed by atoms with Crippen LogP contribution in [0.2, 0.25) is 0 Å². The van der Waals surface area contributed by atoms with Crippen molar-refractivity contribution in [2.45, 2.75) is 57.4 Å². The minimum Gasteiger partial charge on any atom is -0.381 e. The maximum Gasteiger partial charge on any atom is 0.243 e. The zero-order valence-corrected chi connectivity index (χ0v) is 12.1. The van der Waals surface area contributed by atoms with Gasteiger partial charge in [-0.2, -0.15) is 4.98 Å². The van der Waals surface area contributed by atoms with E-state index in [4.69, 9.17) is 9.26 Å². The highest BCUT2D eigenvalue weighted by Crippen LogP contribution is 2.24. The molecule has 112 valence electrons. The summed E-state index contributed by atoms with van der Waals surface area (Å²) >= 11 is 0. The van der Waals surface area contributed by atoms with Crippen LogP contribution in [0.25, 0.3) is 0 Å². The average molecular weight is 279 g/mol. The second-order valence-corrected chi connectivity index (χ2v) is 6.03. The fraction of sp³-hybridized carbons (Fsp3) is 0.867. The second kappa shape index (κ2) is 7.18. The number of piperidine rings is 1. The summed E-state index contributed by atoms with van der Waals surface area (Å²) in [7, 11) is 0. The second-order valence-electron chi connectivity index (χ2n) is 6.03. The Morgan fingerprint density at radius 1 is 1.15 bits per heavy atom. The van der Waals surface area contributed by atoms with Gasteiger partial charge in [-0.15, -0.1) is 0 Å². The van der Waals surface area contributed by atoms with E-state index in [2.05, 4.69) is 15.5 Å². The number of nitrogens with zero attached hydrogens (tertiary/aromatic N) is 2. The minimum atomic E-state index is 0.254. The van der Waals surface area contributed by atoms with Gasteiger partial charge >= 0.3 is 0 Å². The molecule has 5 nitrogen and oxygen atoms in total. The van der Waals surface area contributed by atoms with Gasteiger partial charge in [0.2, 0.25) is 5.89 Å². The molecule has 1 unspecified atom stereocenters. The normalized spacial score (nSPS) is 24.3. The van der Waals surface area contributed by atoms with Gasteiger partial charge in [-0.05, 0) is 38.1 Å². The summed E-state index contributed by atoms with van der Waals surface area (Å²) in [4.78, 5) is 4.48. The van der Waals surface area contributed by atoms with E-state index in [1.54, 1.807) is 0 Å². The highest BCUT2D eigenvalue weighted by Gasteiger charge is 2.21. The molecule has 1 aromatic rings. The third kappa shape index (κ3) is 3.79. The molecule has 1 saturated carbocycles. The first-order valence-electron chi connectivity index (χ1n) is 8.05. The van der Waals surface area contributed by atoms with Crippen molar-refractivity contribution < 1.29 is 9.26 Å². The van der Waals surface area contributed by atoms with E-state index in [0.717, 1.165) is 43.6 Å². The molecule has 2 aliphatic rings. The number of hydrogen-bond acceptors (Lipinski definition) is 5. The van der Waals surface area contributed by atoms with Crippen LogP contribution in [0.15, 0.2) is 4.52 Å². The van der Waals surface area contributed by atoms with Gasteiger partial charge in [-0.1, -0.05) is 24.4 Å². The number of aromatic nitrogens is 2. The van der Waals surface area contributed by atoms with Crippen LogP contribution >= 0.6 is 0 Å². The molecule has 1 aliphatic carbocycles. The molecule has 0 spiro atoms. The van der Waals surface area contributed by atoms with Crippen molar-refractivity contribution in [3.8, 4) is 0 Å². The minimum absolute atomic E-state index is 0.254. The molecule has 0 radical (unpaired) electrons. The first-order chi connectivity index (χ1) is 9.92. The van der Waals surface area contributed by atoms with Crippen molar-refractivity contribution in [3.63, 3.8) is 0 Å². The highest BCUT2D eigenvalue weighted by atomic mass is 16.5. The average Bonchev–Trinajstić information content (AvgIpc) is 3.16. The fourth-order valence-electron chi connectivity index (χ4n) is 3.16. The molecule has 1 N–H and O–H groups in total. The Kier molecular flexibility index (Phi) is 5.03. The topological polar surface area (TPSA) is 60.2 Å². The summed E-state index contributed by atoms with van der Waals surface area (Å²) in [5.41, 5.74) is 0. The molecule has 1 saturated heterocycles. The smallest absolute Gasteiger partial charge is 0.243 e. The monoisotopic (exact) mass is 279 g/mol. The van der Waals surface area contributed by atoms with E-state index < -0.39 is 0 Å². The summed E-state index contributed by atoms with van der Waals surface area (Å²) in [6.07, 6.45) is 9.74. The van der Waals surface area contributed by atoms with E-state index in [9.17, 15) is 0 Å². The predicted molar refractivity (Wildman–Crippen MR) is 75.4 cm³/mol. The molecule has 5 heteroatoms. The lowest BCUT2D eigenvalue weighted by molar-refractivity contribution is 0.102. The van der Waals surface area contributed by atoms with Gasteiger partial charge in [0.25, 0.3) is 0 Å². The summed E-state index contributed by atoms with van der Waals surface area (Å²) in [6.45, 7) is 2.65. The first-order valence-corrected chi connectivity index (χ1v) is 8.05. The summed E-state index contributed by atoms with van der Waals surface area (Å²) in [6, 6.07) is 0.254. The summed E-state index contributed by atoms with van der Waals surface area (Å²) in [5, 5.41) is 7.48. The Bertz CT molecular complexity index is 396. The van der Waals surface area contributed by atoms with Gasteiger partial charge in [0.15, 0.2) is 5.82 Å². The van der Waals surface area contributed by atoms with Gasteiger partial charge in [0, 0.05) is 13.0 Å². The van der Waals surface area contributed by atoms with Crippen LogP contribution in [0, 0.1) is 5.92 Å². The lowest BCUT2D eigenvalue weighted by Gasteiger charge is -2.19.